The molecule has 0 fully saturated rings. The Morgan fingerprint density at radius 3 is 2.27 bits per heavy atom. The second kappa shape index (κ2) is 9.36. The largest absolute Gasteiger partial charge is 0.493 e. The summed E-state index contributed by atoms with van der Waals surface area (Å²) in [6.07, 6.45) is 1.63. The lowest BCUT2D eigenvalue weighted by atomic mass is 10.1. The van der Waals surface area contributed by atoms with Gasteiger partial charge in [-0.05, 0) is 35.9 Å². The van der Waals surface area contributed by atoms with Crippen molar-refractivity contribution in [2.45, 2.75) is 0 Å². The number of thioether (sulfide) groups is 1. The number of nitrogens with two attached hydrogens (primary N) is 1. The van der Waals surface area contributed by atoms with Crippen LogP contribution in [0.25, 0.3) is 6.08 Å². The first-order valence-corrected chi connectivity index (χ1v) is 9.88. The first-order chi connectivity index (χ1) is 14.5. The van der Waals surface area contributed by atoms with Gasteiger partial charge < -0.3 is 19.9 Å². The van der Waals surface area contributed by atoms with Gasteiger partial charge in [-0.25, -0.2) is 4.99 Å². The highest BCUT2D eigenvalue weighted by Gasteiger charge is 2.32. The lowest BCUT2D eigenvalue weighted by Gasteiger charge is -2.17. The van der Waals surface area contributed by atoms with Gasteiger partial charge in [-0.3, -0.25) is 14.5 Å². The number of ether oxygens (including phenoxy) is 3. The Labute approximate surface area is 178 Å². The molecule has 0 spiro atoms. The monoisotopic (exact) mass is 427 g/mol. The molecule has 3 rings (SSSR count). The van der Waals surface area contributed by atoms with Crippen molar-refractivity contribution >= 4 is 40.5 Å². The highest BCUT2D eigenvalue weighted by atomic mass is 32.2. The molecule has 0 bridgehead atoms. The lowest BCUT2D eigenvalue weighted by molar-refractivity contribution is -0.115. The minimum absolute atomic E-state index is 0.00685. The van der Waals surface area contributed by atoms with Crippen LogP contribution in [0.3, 0.4) is 0 Å². The zero-order valence-electron chi connectivity index (χ0n) is 16.7. The van der Waals surface area contributed by atoms with Crippen molar-refractivity contribution in [3.63, 3.8) is 0 Å². The first-order valence-electron chi connectivity index (χ1n) is 8.89. The van der Waals surface area contributed by atoms with Gasteiger partial charge in [0.05, 0.1) is 32.8 Å². The molecule has 156 valence electrons. The summed E-state index contributed by atoms with van der Waals surface area (Å²) in [5, 5.41) is 0.378. The zero-order valence-corrected chi connectivity index (χ0v) is 17.6. The number of para-hydroxylation sites is 1. The molecule has 0 aromatic heterocycles. The summed E-state index contributed by atoms with van der Waals surface area (Å²) in [6, 6.07) is 12.5. The van der Waals surface area contributed by atoms with Crippen molar-refractivity contribution < 1.29 is 23.8 Å². The minimum Gasteiger partial charge on any atom is -0.493 e. The summed E-state index contributed by atoms with van der Waals surface area (Å²) in [7, 11) is 4.55. The summed E-state index contributed by atoms with van der Waals surface area (Å²) in [5.74, 6) is 0.564. The van der Waals surface area contributed by atoms with Gasteiger partial charge in [0.2, 0.25) is 11.7 Å². The number of hydrogen-bond donors (Lipinski definition) is 1. The van der Waals surface area contributed by atoms with Gasteiger partial charge in [0.15, 0.2) is 16.7 Å². The molecule has 9 heteroatoms. The second-order valence-corrected chi connectivity index (χ2v) is 7.06. The predicted octanol–water partition coefficient (Wildman–Crippen LogP) is 2.67. The summed E-state index contributed by atoms with van der Waals surface area (Å²) in [4.78, 5) is 30.3. The molecule has 2 aromatic carbocycles. The Morgan fingerprint density at radius 2 is 1.73 bits per heavy atom. The lowest BCUT2D eigenvalue weighted by Crippen LogP contribution is -2.31. The average Bonchev–Trinajstić information content (AvgIpc) is 3.07. The molecule has 0 saturated heterocycles. The van der Waals surface area contributed by atoms with Crippen LogP contribution >= 0.6 is 11.8 Å². The van der Waals surface area contributed by atoms with E-state index in [-0.39, 0.29) is 17.4 Å². The fourth-order valence-corrected chi connectivity index (χ4v) is 3.63. The number of carbonyl (C=O) groups excluding carboxylic acids is 2. The Balaban J connectivity index is 2.03. The van der Waals surface area contributed by atoms with Gasteiger partial charge >= 0.3 is 0 Å². The molecule has 1 aliphatic heterocycles. The number of anilines is 1. The van der Waals surface area contributed by atoms with Crippen molar-refractivity contribution in [3.05, 3.63) is 53.7 Å². The van der Waals surface area contributed by atoms with Crippen molar-refractivity contribution in [2.75, 3.05) is 32.0 Å². The van der Waals surface area contributed by atoms with E-state index < -0.39 is 5.91 Å². The molecule has 30 heavy (non-hydrogen) atoms. The van der Waals surface area contributed by atoms with Gasteiger partial charge in [0.1, 0.15) is 5.70 Å². The highest BCUT2D eigenvalue weighted by Crippen LogP contribution is 2.39. The molecule has 2 aromatic rings. The van der Waals surface area contributed by atoms with Crippen LogP contribution in [-0.4, -0.2) is 44.1 Å². The normalized spacial score (nSPS) is 14.6. The van der Waals surface area contributed by atoms with Crippen LogP contribution in [0.2, 0.25) is 0 Å². The number of aliphatic imine (C=N–C) groups is 1. The number of rotatable bonds is 7. The van der Waals surface area contributed by atoms with Crippen LogP contribution in [0.5, 0.6) is 17.2 Å². The van der Waals surface area contributed by atoms with Crippen molar-refractivity contribution in [3.8, 4) is 17.2 Å². The smallest absolute Gasteiger partial charge is 0.283 e. The molecule has 0 aliphatic carbocycles. The van der Waals surface area contributed by atoms with Crippen molar-refractivity contribution in [1.29, 1.82) is 0 Å². The van der Waals surface area contributed by atoms with E-state index >= 15 is 0 Å². The summed E-state index contributed by atoms with van der Waals surface area (Å²) in [5.41, 5.74) is 6.76. The summed E-state index contributed by atoms with van der Waals surface area (Å²) in [6.45, 7) is 0. The maximum Gasteiger partial charge on any atom is 0.283 e. The quantitative estimate of drug-likeness (QED) is 0.682. The van der Waals surface area contributed by atoms with E-state index in [9.17, 15) is 9.59 Å². The van der Waals surface area contributed by atoms with E-state index in [1.165, 1.54) is 26.2 Å². The Hall–Kier alpha value is -3.46. The van der Waals surface area contributed by atoms with E-state index in [1.807, 2.05) is 18.2 Å². The first kappa shape index (κ1) is 21.3. The molecular formula is C21H21N3O5S. The van der Waals surface area contributed by atoms with E-state index in [4.69, 9.17) is 19.9 Å². The number of hydrogen-bond acceptors (Lipinski definition) is 7. The molecule has 0 atom stereocenters. The average molecular weight is 427 g/mol. The number of amides is 2. The number of amidine groups is 1. The maximum atomic E-state index is 13.1. The second-order valence-electron chi connectivity index (χ2n) is 6.11. The Bertz CT molecular complexity index is 996. The zero-order chi connectivity index (χ0) is 21.7. The van der Waals surface area contributed by atoms with Gasteiger partial charge in [0, 0.05) is 0 Å². The third-order valence-corrected chi connectivity index (χ3v) is 5.14. The minimum atomic E-state index is -0.495. The topological polar surface area (TPSA) is 103 Å². The molecule has 0 saturated carbocycles. The molecular weight excluding hydrogens is 406 g/mol. The Kier molecular flexibility index (Phi) is 6.63. The van der Waals surface area contributed by atoms with Gasteiger partial charge in [-0.15, -0.1) is 0 Å². The summed E-state index contributed by atoms with van der Waals surface area (Å²) >= 11 is 1.10. The van der Waals surface area contributed by atoms with Gasteiger partial charge in [-0.1, -0.05) is 30.0 Å². The fourth-order valence-electron chi connectivity index (χ4n) is 2.88. The van der Waals surface area contributed by atoms with E-state index in [1.54, 1.807) is 30.3 Å². The van der Waals surface area contributed by atoms with Crippen LogP contribution in [0, 0.1) is 0 Å². The molecule has 0 radical (unpaired) electrons. The molecule has 2 N–H and O–H groups in total. The van der Waals surface area contributed by atoms with Crippen LogP contribution in [0.15, 0.2) is 53.2 Å². The number of nitrogens with zero attached hydrogens (tertiary/aromatic N) is 2. The Morgan fingerprint density at radius 1 is 1.10 bits per heavy atom. The third-order valence-electron chi connectivity index (χ3n) is 4.18. The number of methoxy groups -OCH3 is 3. The van der Waals surface area contributed by atoms with Gasteiger partial charge in [0.25, 0.3) is 5.91 Å². The summed E-state index contributed by atoms with van der Waals surface area (Å²) < 4.78 is 16.1. The van der Waals surface area contributed by atoms with E-state index in [0.29, 0.717) is 33.7 Å². The molecule has 8 nitrogen and oxygen atoms in total. The van der Waals surface area contributed by atoms with Crippen LogP contribution in [-0.2, 0) is 9.59 Å². The van der Waals surface area contributed by atoms with Crippen LogP contribution in [0.4, 0.5) is 5.69 Å². The maximum absolute atomic E-state index is 13.1. The standard InChI is InChI=1S/C21H21N3O5S/c1-27-16-10-13(11-17(28-2)19(16)29-3)9-15-20(26)24(14-7-5-4-6-8-14)21(23-15)30-12-18(22)25/h4-11H,12H2,1-3H3,(H2,22,25)/b15-9+. The molecule has 1 heterocycles. The van der Waals surface area contributed by atoms with Gasteiger partial charge in [-0.2, -0.15) is 0 Å². The number of carbonyl (C=O) groups is 2. The molecule has 0 unspecified atom stereocenters. The SMILES string of the molecule is COc1cc(/C=C2/N=C(SCC(N)=O)N(c3ccccc3)C2=O)cc(OC)c1OC. The van der Waals surface area contributed by atoms with E-state index in [0.717, 1.165) is 11.8 Å². The number of benzene rings is 2. The predicted molar refractivity (Wildman–Crippen MR) is 117 cm³/mol. The van der Waals surface area contributed by atoms with Crippen molar-refractivity contribution in [1.82, 2.24) is 0 Å². The third kappa shape index (κ3) is 4.41. The van der Waals surface area contributed by atoms with Crippen molar-refractivity contribution in [2.24, 2.45) is 10.7 Å². The van der Waals surface area contributed by atoms with Crippen LogP contribution in [0.1, 0.15) is 5.56 Å². The number of primary amides is 1. The fraction of sp³-hybridized carbons (Fsp3) is 0.190. The molecule has 2 amide bonds. The molecule has 1 aliphatic rings. The van der Waals surface area contributed by atoms with Crippen LogP contribution < -0.4 is 24.8 Å². The highest BCUT2D eigenvalue weighted by molar-refractivity contribution is 8.14. The van der Waals surface area contributed by atoms with E-state index in [2.05, 4.69) is 4.99 Å².